The van der Waals surface area contributed by atoms with E-state index in [-0.39, 0.29) is 24.0 Å². The van der Waals surface area contributed by atoms with Crippen molar-refractivity contribution in [3.8, 4) is 0 Å². The Bertz CT molecular complexity index is 271. The zero-order chi connectivity index (χ0) is 13.8. The minimum absolute atomic E-state index is 0.0307. The van der Waals surface area contributed by atoms with Crippen LogP contribution in [0.25, 0.3) is 0 Å². The van der Waals surface area contributed by atoms with Crippen molar-refractivity contribution < 1.29 is 9.90 Å². The molecule has 0 aromatic carbocycles. The van der Waals surface area contributed by atoms with E-state index in [4.69, 9.17) is 5.11 Å². The van der Waals surface area contributed by atoms with Crippen LogP contribution in [0.5, 0.6) is 0 Å². The lowest BCUT2D eigenvalue weighted by Gasteiger charge is -2.40. The fourth-order valence-corrected chi connectivity index (χ4v) is 2.71. The number of nitrogens with one attached hydrogen (secondary N) is 1. The van der Waals surface area contributed by atoms with Gasteiger partial charge in [0.05, 0.1) is 6.61 Å². The molecule has 1 saturated heterocycles. The summed E-state index contributed by atoms with van der Waals surface area (Å²) in [6, 6.07) is 0.139. The van der Waals surface area contributed by atoms with Gasteiger partial charge in [0, 0.05) is 18.0 Å². The van der Waals surface area contributed by atoms with E-state index in [2.05, 4.69) is 5.32 Å². The van der Waals surface area contributed by atoms with Crippen LogP contribution < -0.4 is 5.32 Å². The van der Waals surface area contributed by atoms with Gasteiger partial charge in [-0.2, -0.15) is 0 Å². The minimum Gasteiger partial charge on any atom is -0.395 e. The van der Waals surface area contributed by atoms with Crippen molar-refractivity contribution >= 4 is 5.91 Å². The average Bonchev–Trinajstić information content (AvgIpc) is 2.35. The van der Waals surface area contributed by atoms with Gasteiger partial charge >= 0.3 is 0 Å². The van der Waals surface area contributed by atoms with Gasteiger partial charge in [-0.25, -0.2) is 0 Å². The number of nitrogens with zero attached hydrogens (tertiary/aromatic N) is 1. The maximum Gasteiger partial charge on any atom is 0.228 e. The molecule has 4 heteroatoms. The topological polar surface area (TPSA) is 52.6 Å². The Morgan fingerprint density at radius 3 is 2.61 bits per heavy atom. The van der Waals surface area contributed by atoms with Crippen molar-refractivity contribution in [2.24, 2.45) is 11.3 Å². The summed E-state index contributed by atoms with van der Waals surface area (Å²) in [6.45, 7) is 10.5. The maximum atomic E-state index is 12.7. The van der Waals surface area contributed by atoms with E-state index < -0.39 is 0 Å². The van der Waals surface area contributed by atoms with Crippen LogP contribution in [0.4, 0.5) is 0 Å². The molecule has 1 aliphatic rings. The van der Waals surface area contributed by atoms with Crippen LogP contribution >= 0.6 is 0 Å². The molecule has 2 N–H and O–H groups in total. The molecule has 0 saturated carbocycles. The lowest BCUT2D eigenvalue weighted by atomic mass is 9.74. The van der Waals surface area contributed by atoms with E-state index in [1.165, 1.54) is 0 Å². The summed E-state index contributed by atoms with van der Waals surface area (Å²) in [7, 11) is 0. The van der Waals surface area contributed by atoms with Crippen LogP contribution in [0.3, 0.4) is 0 Å². The lowest BCUT2D eigenvalue weighted by molar-refractivity contribution is -0.146. The Balaban J connectivity index is 2.77. The maximum absolute atomic E-state index is 12.7. The normalized spacial score (nSPS) is 21.1. The van der Waals surface area contributed by atoms with Crippen molar-refractivity contribution in [3.05, 3.63) is 0 Å². The van der Waals surface area contributed by atoms with Crippen molar-refractivity contribution in [3.63, 3.8) is 0 Å². The lowest BCUT2D eigenvalue weighted by Crippen LogP contribution is -2.51. The third-order valence-electron chi connectivity index (χ3n) is 4.09. The summed E-state index contributed by atoms with van der Waals surface area (Å²) < 4.78 is 0. The molecule has 1 atom stereocenters. The zero-order valence-electron chi connectivity index (χ0n) is 12.2. The molecule has 1 amide bonds. The average molecular weight is 256 g/mol. The van der Waals surface area contributed by atoms with Crippen LogP contribution in [0, 0.1) is 11.3 Å². The molecule has 4 nitrogen and oxygen atoms in total. The molecule has 0 aliphatic carbocycles. The number of hydrogen-bond acceptors (Lipinski definition) is 3. The zero-order valence-corrected chi connectivity index (χ0v) is 12.2. The summed E-state index contributed by atoms with van der Waals surface area (Å²) in [4.78, 5) is 14.5. The highest BCUT2D eigenvalue weighted by Gasteiger charge is 2.40. The van der Waals surface area contributed by atoms with Gasteiger partial charge in [-0.05, 0) is 45.7 Å². The van der Waals surface area contributed by atoms with Crippen LogP contribution in [-0.4, -0.2) is 48.2 Å². The van der Waals surface area contributed by atoms with Crippen molar-refractivity contribution in [1.82, 2.24) is 10.2 Å². The summed E-state index contributed by atoms with van der Waals surface area (Å²) in [5, 5.41) is 12.5. The second-order valence-electron chi connectivity index (χ2n) is 6.08. The summed E-state index contributed by atoms with van der Waals surface area (Å²) in [6.07, 6.45) is 2.25. The predicted octanol–water partition coefficient (Wildman–Crippen LogP) is 1.24. The van der Waals surface area contributed by atoms with Crippen molar-refractivity contribution in [1.29, 1.82) is 0 Å². The van der Waals surface area contributed by atoms with Gasteiger partial charge in [0.15, 0.2) is 0 Å². The van der Waals surface area contributed by atoms with Gasteiger partial charge in [0.25, 0.3) is 0 Å². The van der Waals surface area contributed by atoms with Crippen molar-refractivity contribution in [2.75, 3.05) is 26.2 Å². The fraction of sp³-hybridized carbons (Fsp3) is 0.929. The van der Waals surface area contributed by atoms with Crippen LogP contribution in [0.15, 0.2) is 0 Å². The molecular formula is C14H28N2O2. The Kier molecular flexibility index (Phi) is 5.60. The number of amides is 1. The largest absolute Gasteiger partial charge is 0.395 e. The molecule has 0 spiro atoms. The number of aliphatic hydroxyl groups is 1. The van der Waals surface area contributed by atoms with Crippen LogP contribution in [0.1, 0.15) is 40.5 Å². The highest BCUT2D eigenvalue weighted by molar-refractivity contribution is 5.82. The van der Waals surface area contributed by atoms with Gasteiger partial charge in [-0.1, -0.05) is 13.8 Å². The molecule has 1 heterocycles. The van der Waals surface area contributed by atoms with Crippen molar-refractivity contribution in [2.45, 2.75) is 46.6 Å². The van der Waals surface area contributed by atoms with E-state index in [1.807, 2.05) is 27.7 Å². The quantitative estimate of drug-likeness (QED) is 0.778. The highest BCUT2D eigenvalue weighted by atomic mass is 16.3. The second-order valence-corrected chi connectivity index (χ2v) is 6.08. The predicted molar refractivity (Wildman–Crippen MR) is 73.3 cm³/mol. The molecule has 0 aromatic rings. The Hall–Kier alpha value is -0.610. The Morgan fingerprint density at radius 1 is 1.50 bits per heavy atom. The first-order chi connectivity index (χ1) is 8.41. The Morgan fingerprint density at radius 2 is 2.17 bits per heavy atom. The van der Waals surface area contributed by atoms with Gasteiger partial charge in [-0.3, -0.25) is 4.79 Å². The molecule has 0 aromatic heterocycles. The van der Waals surface area contributed by atoms with Gasteiger partial charge in [0.1, 0.15) is 0 Å². The first kappa shape index (κ1) is 15.4. The number of carbonyl (C=O) groups excluding carboxylic acids is 1. The molecule has 1 aliphatic heterocycles. The van der Waals surface area contributed by atoms with Gasteiger partial charge in [0.2, 0.25) is 5.91 Å². The SMILES string of the molecule is CC(C)N(CCO)C(=O)C(C)(C)C1CCCNC1. The molecule has 1 unspecified atom stereocenters. The van der Waals surface area contributed by atoms with E-state index in [9.17, 15) is 4.79 Å². The molecule has 1 fully saturated rings. The molecule has 0 radical (unpaired) electrons. The number of aliphatic hydroxyl groups excluding tert-OH is 1. The number of hydrogen-bond donors (Lipinski definition) is 2. The molecule has 18 heavy (non-hydrogen) atoms. The fourth-order valence-electron chi connectivity index (χ4n) is 2.71. The summed E-state index contributed by atoms with van der Waals surface area (Å²) >= 11 is 0. The third-order valence-corrected chi connectivity index (χ3v) is 4.09. The number of carbonyl (C=O) groups is 1. The van der Waals surface area contributed by atoms with Crippen LogP contribution in [0.2, 0.25) is 0 Å². The van der Waals surface area contributed by atoms with Gasteiger partial charge in [-0.15, -0.1) is 0 Å². The monoisotopic (exact) mass is 256 g/mol. The highest BCUT2D eigenvalue weighted by Crippen LogP contribution is 2.34. The summed E-state index contributed by atoms with van der Waals surface area (Å²) in [5.41, 5.74) is -0.354. The molecule has 0 bridgehead atoms. The van der Waals surface area contributed by atoms with E-state index in [0.29, 0.717) is 12.5 Å². The standard InChI is InChI=1S/C14H28N2O2/c1-11(2)16(8-9-17)13(18)14(3,4)12-6-5-7-15-10-12/h11-12,15,17H,5-10H2,1-4H3. The van der Waals surface area contributed by atoms with Gasteiger partial charge < -0.3 is 15.3 Å². The van der Waals surface area contributed by atoms with Crippen LogP contribution in [-0.2, 0) is 4.79 Å². The number of piperidine rings is 1. The first-order valence-corrected chi connectivity index (χ1v) is 7.04. The smallest absolute Gasteiger partial charge is 0.228 e. The Labute approximate surface area is 111 Å². The van der Waals surface area contributed by atoms with E-state index >= 15 is 0 Å². The second kappa shape index (κ2) is 6.53. The minimum atomic E-state index is -0.354. The van der Waals surface area contributed by atoms with E-state index in [0.717, 1.165) is 25.9 Å². The third kappa shape index (κ3) is 3.45. The molecular weight excluding hydrogens is 228 g/mol. The van der Waals surface area contributed by atoms with E-state index in [1.54, 1.807) is 4.90 Å². The molecule has 1 rings (SSSR count). The number of rotatable bonds is 5. The summed E-state index contributed by atoms with van der Waals surface area (Å²) in [5.74, 6) is 0.555. The molecule has 106 valence electrons. The first-order valence-electron chi connectivity index (χ1n) is 7.04.